The van der Waals surface area contributed by atoms with Gasteiger partial charge in [0.2, 0.25) is 21.8 Å². The van der Waals surface area contributed by atoms with E-state index in [0.29, 0.717) is 17.1 Å². The molecule has 33 heavy (non-hydrogen) atoms. The third-order valence-electron chi connectivity index (χ3n) is 6.50. The van der Waals surface area contributed by atoms with Crippen molar-refractivity contribution in [2.75, 3.05) is 23.8 Å². The van der Waals surface area contributed by atoms with E-state index in [4.69, 9.17) is 11.6 Å². The number of hydrogen-bond donors (Lipinski definition) is 1. The lowest BCUT2D eigenvalue weighted by atomic mass is 9.84. The van der Waals surface area contributed by atoms with Gasteiger partial charge in [-0.3, -0.25) is 9.59 Å². The predicted octanol–water partition coefficient (Wildman–Crippen LogP) is 3.99. The summed E-state index contributed by atoms with van der Waals surface area (Å²) in [4.78, 5) is 27.3. The van der Waals surface area contributed by atoms with Gasteiger partial charge in [0.05, 0.1) is 11.4 Å². The molecule has 0 radical (unpaired) electrons. The van der Waals surface area contributed by atoms with Gasteiger partial charge in [0.15, 0.2) is 0 Å². The van der Waals surface area contributed by atoms with Crippen molar-refractivity contribution in [3.05, 3.63) is 52.5 Å². The molecule has 1 N–H and O–H groups in total. The molecule has 176 valence electrons. The first-order chi connectivity index (χ1) is 15.6. The lowest BCUT2D eigenvalue weighted by Gasteiger charge is -2.32. The van der Waals surface area contributed by atoms with Crippen LogP contribution in [0.5, 0.6) is 0 Å². The Labute approximate surface area is 199 Å². The zero-order valence-electron chi connectivity index (χ0n) is 19.0. The Morgan fingerprint density at radius 3 is 2.55 bits per heavy atom. The molecule has 0 spiro atoms. The van der Waals surface area contributed by atoms with Crippen molar-refractivity contribution in [2.45, 2.75) is 50.5 Å². The Bertz CT molecular complexity index is 1210. The second-order valence-electron chi connectivity index (χ2n) is 8.95. The normalized spacial score (nSPS) is 18.2. The van der Waals surface area contributed by atoms with Crippen LogP contribution >= 0.6 is 11.6 Å². The largest absolute Gasteiger partial charge is 0.325 e. The second kappa shape index (κ2) is 9.08. The molecule has 1 atom stereocenters. The minimum absolute atomic E-state index is 0.00261. The molecule has 0 aromatic heterocycles. The lowest BCUT2D eigenvalue weighted by Crippen LogP contribution is -2.42. The highest BCUT2D eigenvalue weighted by atomic mass is 35.5. The molecule has 7 nitrogen and oxygen atoms in total. The monoisotopic (exact) mass is 489 g/mol. The molecule has 2 aromatic carbocycles. The molecule has 2 amide bonds. The molecule has 0 saturated heterocycles. The molecule has 4 rings (SSSR count). The number of carbonyl (C=O) groups is 2. The number of sulfonamides is 1. The molecule has 1 heterocycles. The third-order valence-corrected chi connectivity index (χ3v) is 8.53. The van der Waals surface area contributed by atoms with Gasteiger partial charge in [-0.2, -0.15) is 4.31 Å². The highest BCUT2D eigenvalue weighted by molar-refractivity contribution is 7.89. The predicted molar refractivity (Wildman–Crippen MR) is 129 cm³/mol. The van der Waals surface area contributed by atoms with Crippen LogP contribution in [-0.2, 0) is 26.0 Å². The Morgan fingerprint density at radius 1 is 1.18 bits per heavy atom. The van der Waals surface area contributed by atoms with Gasteiger partial charge in [-0.15, -0.1) is 0 Å². The van der Waals surface area contributed by atoms with E-state index in [2.05, 4.69) is 5.32 Å². The molecule has 1 fully saturated rings. The highest BCUT2D eigenvalue weighted by Gasteiger charge is 2.37. The summed E-state index contributed by atoms with van der Waals surface area (Å²) in [7, 11) is -2.50. The minimum atomic E-state index is -3.88. The summed E-state index contributed by atoms with van der Waals surface area (Å²) in [6.07, 6.45) is 3.54. The second-order valence-corrected chi connectivity index (χ2v) is 11.4. The topological polar surface area (TPSA) is 86.8 Å². The van der Waals surface area contributed by atoms with Crippen molar-refractivity contribution in [3.8, 4) is 0 Å². The summed E-state index contributed by atoms with van der Waals surface area (Å²) in [6.45, 7) is 3.47. The van der Waals surface area contributed by atoms with Crippen molar-refractivity contribution in [2.24, 2.45) is 5.92 Å². The van der Waals surface area contributed by atoms with Gasteiger partial charge >= 0.3 is 0 Å². The Hall–Kier alpha value is -2.42. The Morgan fingerprint density at radius 2 is 1.91 bits per heavy atom. The van der Waals surface area contributed by atoms with E-state index in [0.717, 1.165) is 40.4 Å². The van der Waals surface area contributed by atoms with E-state index in [-0.39, 0.29) is 29.3 Å². The summed E-state index contributed by atoms with van der Waals surface area (Å²) in [6, 6.07) is 9.93. The number of hydrogen-bond acceptors (Lipinski definition) is 4. The van der Waals surface area contributed by atoms with Crippen molar-refractivity contribution < 1.29 is 18.0 Å². The van der Waals surface area contributed by atoms with Crippen molar-refractivity contribution in [3.63, 3.8) is 0 Å². The number of nitrogens with one attached hydrogen (secondary N) is 1. The number of carbonyl (C=O) groups excluding carboxylic acids is 2. The van der Waals surface area contributed by atoms with Crippen LogP contribution in [-0.4, -0.2) is 44.2 Å². The summed E-state index contributed by atoms with van der Waals surface area (Å²) in [5.74, 6) is -0.233. The maximum absolute atomic E-state index is 13.1. The van der Waals surface area contributed by atoms with Crippen LogP contribution in [0, 0.1) is 12.8 Å². The smallest absolute Gasteiger partial charge is 0.243 e. The van der Waals surface area contributed by atoms with E-state index in [1.165, 1.54) is 13.1 Å². The molecule has 2 aromatic rings. The lowest BCUT2D eigenvalue weighted by molar-refractivity contribution is -0.125. The van der Waals surface area contributed by atoms with Crippen LogP contribution < -0.4 is 10.2 Å². The first-order valence-corrected chi connectivity index (χ1v) is 12.9. The highest BCUT2D eigenvalue weighted by Crippen LogP contribution is 2.38. The number of likely N-dealkylation sites (N-methyl/N-ethyl adjacent to an activating group) is 1. The standard InChI is InChI=1S/C24H28ClN3O4S/c1-15-11-19(25)7-9-21(15)26-23(29)14-27(3)33(31,32)20-8-10-22-18(13-20)12-16(2)28(22)24(30)17-5-4-6-17/h7-11,13,16-17H,4-6,12,14H2,1-3H3,(H,26,29)/t16-/m0/s1. The quantitative estimate of drug-likeness (QED) is 0.664. The van der Waals surface area contributed by atoms with Gasteiger partial charge in [0.1, 0.15) is 0 Å². The molecular weight excluding hydrogens is 462 g/mol. The maximum atomic E-state index is 13.1. The third kappa shape index (κ3) is 4.65. The fourth-order valence-corrected chi connectivity index (χ4v) is 5.78. The molecule has 1 saturated carbocycles. The summed E-state index contributed by atoms with van der Waals surface area (Å²) in [5, 5.41) is 3.29. The van der Waals surface area contributed by atoms with Crippen molar-refractivity contribution in [1.29, 1.82) is 0 Å². The number of fused-ring (bicyclic) bond motifs is 1. The number of rotatable bonds is 6. The van der Waals surface area contributed by atoms with Gasteiger partial charge in [-0.1, -0.05) is 18.0 Å². The van der Waals surface area contributed by atoms with E-state index in [1.54, 1.807) is 30.3 Å². The Balaban J connectivity index is 1.48. The number of halogens is 1. The average Bonchev–Trinajstić information content (AvgIpc) is 3.03. The van der Waals surface area contributed by atoms with Gasteiger partial charge in [0.25, 0.3) is 0 Å². The Kier molecular flexibility index (Phi) is 6.53. The number of benzene rings is 2. The molecule has 9 heteroatoms. The summed E-state index contributed by atoms with van der Waals surface area (Å²) >= 11 is 5.94. The van der Waals surface area contributed by atoms with E-state index in [1.807, 2.05) is 18.7 Å². The SMILES string of the molecule is Cc1cc(Cl)ccc1NC(=O)CN(C)S(=O)(=O)c1ccc2c(c1)C[C@H](C)N2C(=O)C1CCC1. The van der Waals surface area contributed by atoms with Crippen LogP contribution in [0.15, 0.2) is 41.3 Å². The number of aryl methyl sites for hydroxylation is 1. The van der Waals surface area contributed by atoms with Crippen LogP contribution in [0.25, 0.3) is 0 Å². The average molecular weight is 490 g/mol. The maximum Gasteiger partial charge on any atom is 0.243 e. The van der Waals surface area contributed by atoms with Gasteiger partial charge in [-0.05, 0) is 80.6 Å². The van der Waals surface area contributed by atoms with Crippen LogP contribution in [0.2, 0.25) is 5.02 Å². The minimum Gasteiger partial charge on any atom is -0.325 e. The zero-order chi connectivity index (χ0) is 23.9. The van der Waals surface area contributed by atoms with Crippen molar-refractivity contribution in [1.82, 2.24) is 4.31 Å². The number of anilines is 2. The molecular formula is C24H28ClN3O4S. The van der Waals surface area contributed by atoms with Crippen LogP contribution in [0.4, 0.5) is 11.4 Å². The van der Waals surface area contributed by atoms with E-state index >= 15 is 0 Å². The van der Waals surface area contributed by atoms with Crippen LogP contribution in [0.1, 0.15) is 37.3 Å². The molecule has 2 aliphatic rings. The van der Waals surface area contributed by atoms with Gasteiger partial charge in [0, 0.05) is 35.4 Å². The molecule has 1 aliphatic heterocycles. The number of nitrogens with zero attached hydrogens (tertiary/aromatic N) is 2. The fourth-order valence-electron chi connectivity index (χ4n) is 4.38. The van der Waals surface area contributed by atoms with E-state index in [9.17, 15) is 18.0 Å². The van der Waals surface area contributed by atoms with Crippen molar-refractivity contribution >= 4 is 44.8 Å². The van der Waals surface area contributed by atoms with Gasteiger partial charge in [-0.25, -0.2) is 8.42 Å². The summed E-state index contributed by atoms with van der Waals surface area (Å²) < 4.78 is 27.3. The van der Waals surface area contributed by atoms with Crippen LogP contribution in [0.3, 0.4) is 0 Å². The zero-order valence-corrected chi connectivity index (χ0v) is 20.5. The molecule has 1 aliphatic carbocycles. The van der Waals surface area contributed by atoms with E-state index < -0.39 is 15.9 Å². The first-order valence-electron chi connectivity index (χ1n) is 11.1. The van der Waals surface area contributed by atoms with Gasteiger partial charge < -0.3 is 10.2 Å². The summed E-state index contributed by atoms with van der Waals surface area (Å²) in [5.41, 5.74) is 3.00. The fraction of sp³-hybridized carbons (Fsp3) is 0.417. The molecule has 0 bridgehead atoms. The number of amides is 2. The molecule has 0 unspecified atom stereocenters. The first kappa shape index (κ1) is 23.7.